The molecule has 5 heteroatoms. The van der Waals surface area contributed by atoms with Crippen LogP contribution in [0.4, 0.5) is 5.95 Å². The molecule has 0 saturated carbocycles. The summed E-state index contributed by atoms with van der Waals surface area (Å²) in [5.41, 5.74) is 0.918. The first kappa shape index (κ1) is 13.1. The molecular weight excluding hydrogens is 254 g/mol. The summed E-state index contributed by atoms with van der Waals surface area (Å²) in [5.74, 6) is 1.65. The van der Waals surface area contributed by atoms with Gasteiger partial charge in [0.2, 0.25) is 5.95 Å². The minimum Gasteiger partial charge on any atom is -0.490 e. The van der Waals surface area contributed by atoms with E-state index in [9.17, 15) is 4.79 Å². The van der Waals surface area contributed by atoms with E-state index in [1.54, 1.807) is 0 Å². The Balaban J connectivity index is 1.62. The van der Waals surface area contributed by atoms with Crippen molar-refractivity contribution in [3.05, 3.63) is 24.0 Å². The summed E-state index contributed by atoms with van der Waals surface area (Å²) in [6.45, 7) is 2.10. The number of nitrogens with zero attached hydrogens (tertiary/aromatic N) is 3. The highest BCUT2D eigenvalue weighted by Gasteiger charge is 2.20. The standard InChI is InChI=1S/C15H19N3O2/c19-9-3-4-13-5-6-14(20-13)12-10-16-15(17-11-12)18-7-1-2-8-18/h6,9-11,13H,1-5,7-8H2. The Labute approximate surface area is 118 Å². The second-order valence-electron chi connectivity index (χ2n) is 5.25. The number of aromatic nitrogens is 2. The molecule has 1 saturated heterocycles. The molecule has 20 heavy (non-hydrogen) atoms. The van der Waals surface area contributed by atoms with Gasteiger partial charge in [-0.05, 0) is 25.3 Å². The van der Waals surface area contributed by atoms with Gasteiger partial charge in [0.25, 0.3) is 0 Å². The second kappa shape index (κ2) is 6.03. The molecule has 0 N–H and O–H groups in total. The van der Waals surface area contributed by atoms with Crippen molar-refractivity contribution in [2.75, 3.05) is 18.0 Å². The molecule has 1 aromatic heterocycles. The van der Waals surface area contributed by atoms with E-state index in [0.29, 0.717) is 6.42 Å². The van der Waals surface area contributed by atoms with Gasteiger partial charge in [-0.25, -0.2) is 9.97 Å². The molecule has 1 atom stereocenters. The number of aldehydes is 1. The fraction of sp³-hybridized carbons (Fsp3) is 0.533. The summed E-state index contributed by atoms with van der Waals surface area (Å²) in [4.78, 5) is 21.4. The smallest absolute Gasteiger partial charge is 0.225 e. The SMILES string of the molecule is O=CCCC1CC=C(c2cnc(N3CCCC3)nc2)O1. The summed E-state index contributed by atoms with van der Waals surface area (Å²) >= 11 is 0. The van der Waals surface area contributed by atoms with E-state index in [-0.39, 0.29) is 6.10 Å². The van der Waals surface area contributed by atoms with Crippen LogP contribution in [0.1, 0.15) is 37.7 Å². The Morgan fingerprint density at radius 3 is 2.75 bits per heavy atom. The predicted octanol–water partition coefficient (Wildman–Crippen LogP) is 2.19. The maximum absolute atomic E-state index is 10.4. The van der Waals surface area contributed by atoms with Gasteiger partial charge in [0.1, 0.15) is 18.1 Å². The maximum atomic E-state index is 10.4. The number of hydrogen-bond donors (Lipinski definition) is 0. The Kier molecular flexibility index (Phi) is 3.95. The molecule has 106 valence electrons. The van der Waals surface area contributed by atoms with E-state index in [2.05, 4.69) is 20.9 Å². The summed E-state index contributed by atoms with van der Waals surface area (Å²) in [6.07, 6.45) is 11.4. The van der Waals surface area contributed by atoms with Crippen molar-refractivity contribution < 1.29 is 9.53 Å². The molecule has 0 bridgehead atoms. The summed E-state index contributed by atoms with van der Waals surface area (Å²) in [5, 5.41) is 0. The minimum absolute atomic E-state index is 0.119. The van der Waals surface area contributed by atoms with Crippen LogP contribution in [-0.2, 0) is 9.53 Å². The lowest BCUT2D eigenvalue weighted by atomic mass is 10.1. The van der Waals surface area contributed by atoms with Crippen LogP contribution < -0.4 is 4.90 Å². The third-order valence-corrected chi connectivity index (χ3v) is 3.78. The quantitative estimate of drug-likeness (QED) is 0.770. The van der Waals surface area contributed by atoms with Crippen molar-refractivity contribution in [1.82, 2.24) is 9.97 Å². The first-order valence-electron chi connectivity index (χ1n) is 7.24. The van der Waals surface area contributed by atoms with Crippen molar-refractivity contribution in [2.45, 2.75) is 38.2 Å². The normalized spacial score (nSPS) is 21.7. The maximum Gasteiger partial charge on any atom is 0.225 e. The monoisotopic (exact) mass is 273 g/mol. The molecule has 0 radical (unpaired) electrons. The van der Waals surface area contributed by atoms with Crippen LogP contribution in [0.2, 0.25) is 0 Å². The average Bonchev–Trinajstić information content (AvgIpc) is 3.17. The summed E-state index contributed by atoms with van der Waals surface area (Å²) in [7, 11) is 0. The first-order chi connectivity index (χ1) is 9.86. The van der Waals surface area contributed by atoms with E-state index < -0.39 is 0 Å². The zero-order chi connectivity index (χ0) is 13.8. The van der Waals surface area contributed by atoms with Crippen molar-refractivity contribution in [2.24, 2.45) is 0 Å². The number of hydrogen-bond acceptors (Lipinski definition) is 5. The molecule has 0 aliphatic carbocycles. The van der Waals surface area contributed by atoms with Crippen LogP contribution in [0.15, 0.2) is 18.5 Å². The van der Waals surface area contributed by atoms with Gasteiger partial charge in [0.05, 0.1) is 5.56 Å². The highest BCUT2D eigenvalue weighted by molar-refractivity contribution is 5.60. The number of carbonyl (C=O) groups excluding carboxylic acids is 1. The Morgan fingerprint density at radius 2 is 2.05 bits per heavy atom. The Hall–Kier alpha value is -1.91. The molecule has 5 nitrogen and oxygen atoms in total. The van der Waals surface area contributed by atoms with Crippen LogP contribution in [-0.4, -0.2) is 35.4 Å². The molecule has 2 aliphatic rings. The van der Waals surface area contributed by atoms with Gasteiger partial charge in [-0.1, -0.05) is 0 Å². The molecule has 1 unspecified atom stereocenters. The van der Waals surface area contributed by atoms with Crippen LogP contribution >= 0.6 is 0 Å². The zero-order valence-corrected chi connectivity index (χ0v) is 11.5. The second-order valence-corrected chi connectivity index (χ2v) is 5.25. The van der Waals surface area contributed by atoms with Gasteiger partial charge < -0.3 is 14.4 Å². The minimum atomic E-state index is 0.119. The highest BCUT2D eigenvalue weighted by Crippen LogP contribution is 2.28. The van der Waals surface area contributed by atoms with E-state index in [1.165, 1.54) is 12.8 Å². The predicted molar refractivity (Wildman–Crippen MR) is 76.2 cm³/mol. The largest absolute Gasteiger partial charge is 0.490 e. The molecule has 0 spiro atoms. The van der Waals surface area contributed by atoms with Crippen molar-refractivity contribution in [1.29, 1.82) is 0 Å². The van der Waals surface area contributed by atoms with E-state index in [0.717, 1.165) is 49.5 Å². The van der Waals surface area contributed by atoms with Gasteiger partial charge in [-0.3, -0.25) is 0 Å². The molecular formula is C15H19N3O2. The Morgan fingerprint density at radius 1 is 1.30 bits per heavy atom. The van der Waals surface area contributed by atoms with Crippen LogP contribution in [0.25, 0.3) is 5.76 Å². The highest BCUT2D eigenvalue weighted by atomic mass is 16.5. The van der Waals surface area contributed by atoms with Crippen LogP contribution in [0.5, 0.6) is 0 Å². The number of carbonyl (C=O) groups is 1. The van der Waals surface area contributed by atoms with Gasteiger partial charge in [0, 0.05) is 38.3 Å². The van der Waals surface area contributed by atoms with E-state index in [1.807, 2.05) is 12.4 Å². The number of rotatable bonds is 5. The third kappa shape index (κ3) is 2.81. The number of anilines is 1. The molecule has 1 aromatic rings. The zero-order valence-electron chi connectivity index (χ0n) is 11.5. The van der Waals surface area contributed by atoms with Crippen molar-refractivity contribution >= 4 is 18.0 Å². The molecule has 3 heterocycles. The van der Waals surface area contributed by atoms with E-state index >= 15 is 0 Å². The van der Waals surface area contributed by atoms with Gasteiger partial charge in [0.15, 0.2) is 0 Å². The van der Waals surface area contributed by atoms with Crippen molar-refractivity contribution in [3.8, 4) is 0 Å². The molecule has 1 fully saturated rings. The molecule has 0 aromatic carbocycles. The summed E-state index contributed by atoms with van der Waals surface area (Å²) in [6, 6.07) is 0. The lowest BCUT2D eigenvalue weighted by Crippen LogP contribution is -2.20. The molecule has 3 rings (SSSR count). The third-order valence-electron chi connectivity index (χ3n) is 3.78. The van der Waals surface area contributed by atoms with Gasteiger partial charge in [-0.15, -0.1) is 0 Å². The molecule has 0 amide bonds. The van der Waals surface area contributed by atoms with Gasteiger partial charge >= 0.3 is 0 Å². The fourth-order valence-electron chi connectivity index (χ4n) is 2.66. The van der Waals surface area contributed by atoms with Gasteiger partial charge in [-0.2, -0.15) is 0 Å². The number of ether oxygens (including phenoxy) is 1. The summed E-state index contributed by atoms with van der Waals surface area (Å²) < 4.78 is 5.82. The lowest BCUT2D eigenvalue weighted by Gasteiger charge is -2.15. The molecule has 2 aliphatic heterocycles. The lowest BCUT2D eigenvalue weighted by molar-refractivity contribution is -0.108. The fourth-order valence-corrected chi connectivity index (χ4v) is 2.66. The van der Waals surface area contributed by atoms with E-state index in [4.69, 9.17) is 4.74 Å². The van der Waals surface area contributed by atoms with Crippen LogP contribution in [0.3, 0.4) is 0 Å². The Bertz CT molecular complexity index is 492. The van der Waals surface area contributed by atoms with Crippen molar-refractivity contribution in [3.63, 3.8) is 0 Å². The topological polar surface area (TPSA) is 55.3 Å². The first-order valence-corrected chi connectivity index (χ1v) is 7.24. The van der Waals surface area contributed by atoms with Crippen LogP contribution in [0, 0.1) is 0 Å². The average molecular weight is 273 g/mol.